The molecule has 1 atom stereocenters. The van der Waals surface area contributed by atoms with Gasteiger partial charge in [0, 0.05) is 6.07 Å². The summed E-state index contributed by atoms with van der Waals surface area (Å²) in [6.45, 7) is 1.55. The molecule has 2 aromatic rings. The summed E-state index contributed by atoms with van der Waals surface area (Å²) in [5.41, 5.74) is 0.813. The lowest BCUT2D eigenvalue weighted by molar-refractivity contribution is 0.198. The first-order chi connectivity index (χ1) is 10.0. The van der Waals surface area contributed by atoms with Gasteiger partial charge in [-0.3, -0.25) is 0 Å². The van der Waals surface area contributed by atoms with Crippen LogP contribution < -0.4 is 9.47 Å². The van der Waals surface area contributed by atoms with Gasteiger partial charge in [-0.1, -0.05) is 6.07 Å². The molecule has 108 valence electrons. The van der Waals surface area contributed by atoms with Gasteiger partial charge in [0.25, 0.3) is 0 Å². The molecular weight excluding hydrogens is 273 g/mol. The topological polar surface area (TPSA) is 62.5 Å². The van der Waals surface area contributed by atoms with Crippen molar-refractivity contribution in [3.05, 3.63) is 53.3 Å². The molecule has 4 nitrogen and oxygen atoms in total. The third-order valence-electron chi connectivity index (χ3n) is 2.91. The number of rotatable bonds is 4. The highest BCUT2D eigenvalue weighted by Crippen LogP contribution is 2.30. The fourth-order valence-electron chi connectivity index (χ4n) is 1.80. The Hall–Kier alpha value is -2.58. The number of hydrogen-bond donors (Lipinski definition) is 1. The van der Waals surface area contributed by atoms with Crippen molar-refractivity contribution in [3.63, 3.8) is 0 Å². The molecule has 0 radical (unpaired) electrons. The molecule has 1 N–H and O–H groups in total. The highest BCUT2D eigenvalue weighted by molar-refractivity contribution is 5.45. The maximum absolute atomic E-state index is 13.9. The lowest BCUT2D eigenvalue weighted by Crippen LogP contribution is -1.95. The maximum atomic E-state index is 13.9. The van der Waals surface area contributed by atoms with E-state index in [-0.39, 0.29) is 5.75 Å². The number of nitrogens with zero attached hydrogens (tertiary/aromatic N) is 1. The number of aliphatic hydroxyl groups is 1. The molecule has 0 aromatic heterocycles. The average Bonchev–Trinajstić information content (AvgIpc) is 2.48. The summed E-state index contributed by atoms with van der Waals surface area (Å²) in [7, 11) is 1.47. The quantitative estimate of drug-likeness (QED) is 0.934. The lowest BCUT2D eigenvalue weighted by atomic mass is 10.1. The number of halogens is 1. The Morgan fingerprint density at radius 1 is 1.19 bits per heavy atom. The molecule has 0 fully saturated rings. The molecule has 0 aliphatic carbocycles. The van der Waals surface area contributed by atoms with Crippen molar-refractivity contribution >= 4 is 0 Å². The molecule has 2 rings (SSSR count). The first-order valence-corrected chi connectivity index (χ1v) is 6.28. The first kappa shape index (κ1) is 14.8. The number of methoxy groups -OCH3 is 1. The fraction of sp³-hybridized carbons (Fsp3) is 0.188. The van der Waals surface area contributed by atoms with Gasteiger partial charge in [0.2, 0.25) is 0 Å². The first-order valence-electron chi connectivity index (χ1n) is 6.28. The van der Waals surface area contributed by atoms with Crippen LogP contribution in [0.1, 0.15) is 24.2 Å². The van der Waals surface area contributed by atoms with E-state index in [4.69, 9.17) is 14.7 Å². The number of ether oxygens (including phenoxy) is 2. The van der Waals surface area contributed by atoms with Crippen LogP contribution in [0.25, 0.3) is 0 Å². The molecule has 2 aromatic carbocycles. The molecule has 0 aliphatic rings. The minimum atomic E-state index is -0.754. The van der Waals surface area contributed by atoms with E-state index < -0.39 is 11.9 Å². The van der Waals surface area contributed by atoms with Gasteiger partial charge in [-0.25, -0.2) is 4.39 Å². The van der Waals surface area contributed by atoms with Gasteiger partial charge >= 0.3 is 0 Å². The molecule has 0 saturated carbocycles. The van der Waals surface area contributed by atoms with Gasteiger partial charge in [0.05, 0.1) is 24.8 Å². The van der Waals surface area contributed by atoms with E-state index in [2.05, 4.69) is 0 Å². The Labute approximate surface area is 122 Å². The predicted octanol–water partition coefficient (Wildman–Crippen LogP) is 3.55. The van der Waals surface area contributed by atoms with Crippen molar-refractivity contribution in [2.75, 3.05) is 7.11 Å². The van der Waals surface area contributed by atoms with Crippen molar-refractivity contribution < 1.29 is 19.0 Å². The molecular formula is C16H14FNO3. The van der Waals surface area contributed by atoms with Crippen LogP contribution in [0.2, 0.25) is 0 Å². The van der Waals surface area contributed by atoms with Gasteiger partial charge in [-0.05, 0) is 36.8 Å². The molecule has 0 saturated heterocycles. The number of aliphatic hydroxyl groups excluding tert-OH is 1. The van der Waals surface area contributed by atoms with Crippen molar-refractivity contribution in [2.45, 2.75) is 13.0 Å². The van der Waals surface area contributed by atoms with E-state index in [0.717, 1.165) is 0 Å². The second-order valence-electron chi connectivity index (χ2n) is 4.48. The van der Waals surface area contributed by atoms with Gasteiger partial charge in [0.1, 0.15) is 11.5 Å². The highest BCUT2D eigenvalue weighted by atomic mass is 19.1. The minimum Gasteiger partial charge on any atom is -0.497 e. The van der Waals surface area contributed by atoms with Crippen LogP contribution in [0.5, 0.6) is 17.2 Å². The smallest absolute Gasteiger partial charge is 0.166 e. The minimum absolute atomic E-state index is 0.0107. The summed E-state index contributed by atoms with van der Waals surface area (Å²) in [6, 6.07) is 10.8. The van der Waals surface area contributed by atoms with E-state index in [0.29, 0.717) is 22.6 Å². The Balaban J connectivity index is 2.32. The molecule has 0 amide bonds. The molecule has 21 heavy (non-hydrogen) atoms. The third kappa shape index (κ3) is 3.50. The zero-order chi connectivity index (χ0) is 15.4. The normalized spacial score (nSPS) is 11.6. The zero-order valence-electron chi connectivity index (χ0n) is 11.6. The molecule has 5 heteroatoms. The Kier molecular flexibility index (Phi) is 4.41. The summed E-state index contributed by atoms with van der Waals surface area (Å²) in [5.74, 6) is 0.172. The second kappa shape index (κ2) is 6.25. The largest absolute Gasteiger partial charge is 0.497 e. The van der Waals surface area contributed by atoms with Crippen LogP contribution in [0.15, 0.2) is 36.4 Å². The predicted molar refractivity (Wildman–Crippen MR) is 74.8 cm³/mol. The zero-order valence-corrected chi connectivity index (χ0v) is 11.6. The third-order valence-corrected chi connectivity index (χ3v) is 2.91. The van der Waals surface area contributed by atoms with Gasteiger partial charge in [-0.2, -0.15) is 5.26 Å². The highest BCUT2D eigenvalue weighted by Gasteiger charge is 2.10. The van der Waals surface area contributed by atoms with Crippen LogP contribution in [0.3, 0.4) is 0 Å². The van der Waals surface area contributed by atoms with Crippen molar-refractivity contribution in [1.82, 2.24) is 0 Å². The van der Waals surface area contributed by atoms with Gasteiger partial charge in [0.15, 0.2) is 11.6 Å². The molecule has 0 heterocycles. The van der Waals surface area contributed by atoms with Crippen molar-refractivity contribution in [2.24, 2.45) is 0 Å². The second-order valence-corrected chi connectivity index (χ2v) is 4.48. The summed E-state index contributed by atoms with van der Waals surface area (Å²) < 4.78 is 24.4. The Bertz CT molecular complexity index is 692. The van der Waals surface area contributed by atoms with E-state index in [1.54, 1.807) is 25.1 Å². The van der Waals surface area contributed by atoms with Crippen LogP contribution in [-0.4, -0.2) is 12.2 Å². The van der Waals surface area contributed by atoms with Crippen LogP contribution in [0.4, 0.5) is 4.39 Å². The lowest BCUT2D eigenvalue weighted by Gasteiger charge is -2.11. The Morgan fingerprint density at radius 3 is 2.48 bits per heavy atom. The molecule has 0 unspecified atom stereocenters. The van der Waals surface area contributed by atoms with Crippen molar-refractivity contribution in [1.29, 1.82) is 5.26 Å². The molecule has 0 spiro atoms. The summed E-state index contributed by atoms with van der Waals surface area (Å²) in [5, 5.41) is 18.3. The summed E-state index contributed by atoms with van der Waals surface area (Å²) in [6.07, 6.45) is -0.754. The van der Waals surface area contributed by atoms with Gasteiger partial charge in [-0.15, -0.1) is 0 Å². The van der Waals surface area contributed by atoms with Gasteiger partial charge < -0.3 is 14.6 Å². The summed E-state index contributed by atoms with van der Waals surface area (Å²) >= 11 is 0. The average molecular weight is 287 g/mol. The number of benzene rings is 2. The van der Waals surface area contributed by atoms with E-state index in [1.807, 2.05) is 6.07 Å². The SMILES string of the molecule is COc1cc(C#N)cc(Oc2ccc([C@H](C)O)cc2F)c1. The standard InChI is InChI=1S/C16H14FNO3/c1-10(19)12-3-4-16(15(17)7-12)21-14-6-11(9-18)5-13(8-14)20-2/h3-8,10,19H,1-2H3/t10-/m0/s1. The monoisotopic (exact) mass is 287 g/mol. The van der Waals surface area contributed by atoms with Crippen molar-refractivity contribution in [3.8, 4) is 23.3 Å². The molecule has 0 bridgehead atoms. The van der Waals surface area contributed by atoms with Crippen LogP contribution in [0, 0.1) is 17.1 Å². The summed E-state index contributed by atoms with van der Waals surface area (Å²) in [4.78, 5) is 0. The Morgan fingerprint density at radius 2 is 1.90 bits per heavy atom. The fourth-order valence-corrected chi connectivity index (χ4v) is 1.80. The molecule has 0 aliphatic heterocycles. The van der Waals surface area contributed by atoms with Crippen LogP contribution >= 0.6 is 0 Å². The number of hydrogen-bond acceptors (Lipinski definition) is 4. The number of nitriles is 1. The van der Waals surface area contributed by atoms with Crippen LogP contribution in [-0.2, 0) is 0 Å². The van der Waals surface area contributed by atoms with E-state index >= 15 is 0 Å². The maximum Gasteiger partial charge on any atom is 0.166 e. The van der Waals surface area contributed by atoms with E-state index in [1.165, 1.54) is 25.3 Å². The van der Waals surface area contributed by atoms with E-state index in [9.17, 15) is 9.50 Å².